The largest absolute Gasteiger partial charge is 0.378 e. The third-order valence-corrected chi connectivity index (χ3v) is 5.50. The molecule has 2 heterocycles. The van der Waals surface area contributed by atoms with Crippen molar-refractivity contribution in [1.82, 2.24) is 14.9 Å². The van der Waals surface area contributed by atoms with Crippen molar-refractivity contribution >= 4 is 0 Å². The Morgan fingerprint density at radius 3 is 2.90 bits per heavy atom. The van der Waals surface area contributed by atoms with Gasteiger partial charge in [-0.1, -0.05) is 13.8 Å². The van der Waals surface area contributed by atoms with Crippen LogP contribution in [0.5, 0.6) is 0 Å². The second kappa shape index (κ2) is 5.73. The Balaban J connectivity index is 1.77. The zero-order chi connectivity index (χ0) is 15.0. The summed E-state index contributed by atoms with van der Waals surface area (Å²) in [5, 5.41) is 3.73. The van der Waals surface area contributed by atoms with Crippen LogP contribution in [0.2, 0.25) is 0 Å². The summed E-state index contributed by atoms with van der Waals surface area (Å²) in [5.74, 6) is 0. The maximum Gasteiger partial charge on any atom is 0.0951 e. The Labute approximate surface area is 128 Å². The number of nitrogens with zero attached hydrogens (tertiary/aromatic N) is 2. The predicted octanol–water partition coefficient (Wildman–Crippen LogP) is 3.46. The highest BCUT2D eigenvalue weighted by atomic mass is 16.5. The standard InChI is InChI=1S/C17H29N3O/c1-5-21-16-9-15(17(16,3)4)20-11-18-10-14(20)13-8-6-7-12(2)19-13/h10-13,15-16,19H,5-9H2,1-4H3. The van der Waals surface area contributed by atoms with Gasteiger partial charge in [0.25, 0.3) is 0 Å². The molecule has 0 bridgehead atoms. The van der Waals surface area contributed by atoms with Gasteiger partial charge in [-0.3, -0.25) is 0 Å². The molecule has 0 spiro atoms. The van der Waals surface area contributed by atoms with Gasteiger partial charge >= 0.3 is 0 Å². The van der Waals surface area contributed by atoms with Crippen LogP contribution < -0.4 is 5.32 Å². The van der Waals surface area contributed by atoms with E-state index in [0.717, 1.165) is 13.0 Å². The molecule has 2 fully saturated rings. The van der Waals surface area contributed by atoms with E-state index in [4.69, 9.17) is 4.74 Å². The molecule has 1 saturated heterocycles. The van der Waals surface area contributed by atoms with Crippen LogP contribution in [-0.2, 0) is 4.74 Å². The lowest BCUT2D eigenvalue weighted by Crippen LogP contribution is -2.52. The lowest BCUT2D eigenvalue weighted by molar-refractivity contribution is -0.128. The van der Waals surface area contributed by atoms with E-state index >= 15 is 0 Å². The molecule has 1 aromatic heterocycles. The molecule has 4 heteroatoms. The van der Waals surface area contributed by atoms with Crippen molar-refractivity contribution in [2.75, 3.05) is 6.61 Å². The minimum absolute atomic E-state index is 0.186. The van der Waals surface area contributed by atoms with Gasteiger partial charge in [-0.25, -0.2) is 4.98 Å². The van der Waals surface area contributed by atoms with Gasteiger partial charge in [-0.2, -0.15) is 0 Å². The third-order valence-electron chi connectivity index (χ3n) is 5.50. The normalized spacial score (nSPS) is 35.4. The number of nitrogens with one attached hydrogen (secondary N) is 1. The van der Waals surface area contributed by atoms with Gasteiger partial charge in [-0.05, 0) is 39.5 Å². The van der Waals surface area contributed by atoms with E-state index in [1.807, 2.05) is 6.33 Å². The molecule has 1 aliphatic carbocycles. The van der Waals surface area contributed by atoms with Gasteiger partial charge in [0, 0.05) is 36.3 Å². The van der Waals surface area contributed by atoms with Crippen LogP contribution in [0.1, 0.15) is 71.2 Å². The van der Waals surface area contributed by atoms with Gasteiger partial charge in [0.05, 0.1) is 18.1 Å². The van der Waals surface area contributed by atoms with E-state index in [9.17, 15) is 0 Å². The zero-order valence-electron chi connectivity index (χ0n) is 13.8. The van der Waals surface area contributed by atoms with E-state index < -0.39 is 0 Å². The Morgan fingerprint density at radius 2 is 2.24 bits per heavy atom. The van der Waals surface area contributed by atoms with Crippen molar-refractivity contribution in [3.05, 3.63) is 18.2 Å². The molecule has 0 radical (unpaired) electrons. The summed E-state index contributed by atoms with van der Waals surface area (Å²) >= 11 is 0. The number of imidazole rings is 1. The molecular formula is C17H29N3O. The van der Waals surface area contributed by atoms with E-state index in [1.165, 1.54) is 25.0 Å². The fraction of sp³-hybridized carbons (Fsp3) is 0.824. The predicted molar refractivity (Wildman–Crippen MR) is 84.3 cm³/mol. The van der Waals surface area contributed by atoms with Crippen molar-refractivity contribution in [1.29, 1.82) is 0 Å². The van der Waals surface area contributed by atoms with Crippen LogP contribution >= 0.6 is 0 Å². The highest BCUT2D eigenvalue weighted by molar-refractivity contribution is 5.13. The highest BCUT2D eigenvalue weighted by Crippen LogP contribution is 2.52. The second-order valence-electron chi connectivity index (χ2n) is 7.29. The van der Waals surface area contributed by atoms with Crippen LogP contribution in [0.25, 0.3) is 0 Å². The summed E-state index contributed by atoms with van der Waals surface area (Å²) in [7, 11) is 0. The average molecular weight is 291 g/mol. The molecule has 4 unspecified atom stereocenters. The van der Waals surface area contributed by atoms with Crippen molar-refractivity contribution in [2.45, 2.75) is 77.6 Å². The summed E-state index contributed by atoms with van der Waals surface area (Å²) in [6.45, 7) is 9.81. The minimum atomic E-state index is 0.186. The van der Waals surface area contributed by atoms with Crippen LogP contribution in [-0.4, -0.2) is 28.3 Å². The van der Waals surface area contributed by atoms with Gasteiger partial charge in [0.1, 0.15) is 0 Å². The van der Waals surface area contributed by atoms with Crippen LogP contribution in [0, 0.1) is 5.41 Å². The lowest BCUT2D eigenvalue weighted by atomic mass is 9.64. The van der Waals surface area contributed by atoms with Crippen molar-refractivity contribution in [3.8, 4) is 0 Å². The zero-order valence-corrected chi connectivity index (χ0v) is 13.8. The van der Waals surface area contributed by atoms with Crippen LogP contribution in [0.3, 0.4) is 0 Å². The number of piperidine rings is 1. The maximum atomic E-state index is 5.87. The number of ether oxygens (including phenoxy) is 1. The number of rotatable bonds is 4. The summed E-state index contributed by atoms with van der Waals surface area (Å²) in [6, 6.07) is 1.57. The fourth-order valence-electron chi connectivity index (χ4n) is 4.04. The van der Waals surface area contributed by atoms with E-state index in [0.29, 0.717) is 24.2 Å². The minimum Gasteiger partial charge on any atom is -0.378 e. The Hall–Kier alpha value is -0.870. The summed E-state index contributed by atoms with van der Waals surface area (Å²) in [6.07, 6.45) is 9.36. The summed E-state index contributed by atoms with van der Waals surface area (Å²) in [4.78, 5) is 4.44. The molecule has 0 aromatic carbocycles. The topological polar surface area (TPSA) is 39.1 Å². The van der Waals surface area contributed by atoms with Gasteiger partial charge in [0.2, 0.25) is 0 Å². The molecular weight excluding hydrogens is 262 g/mol. The summed E-state index contributed by atoms with van der Waals surface area (Å²) < 4.78 is 8.28. The first-order valence-electron chi connectivity index (χ1n) is 8.43. The van der Waals surface area contributed by atoms with Gasteiger partial charge < -0.3 is 14.6 Å². The molecule has 118 valence electrons. The van der Waals surface area contributed by atoms with E-state index in [2.05, 4.69) is 48.8 Å². The first kappa shape index (κ1) is 15.0. The molecule has 4 nitrogen and oxygen atoms in total. The lowest BCUT2D eigenvalue weighted by Gasteiger charge is -2.52. The van der Waals surface area contributed by atoms with Crippen LogP contribution in [0.4, 0.5) is 0 Å². The smallest absolute Gasteiger partial charge is 0.0951 e. The van der Waals surface area contributed by atoms with Crippen molar-refractivity contribution in [2.24, 2.45) is 5.41 Å². The Morgan fingerprint density at radius 1 is 1.43 bits per heavy atom. The quantitative estimate of drug-likeness (QED) is 0.923. The molecule has 1 saturated carbocycles. The number of hydrogen-bond acceptors (Lipinski definition) is 3. The van der Waals surface area contributed by atoms with E-state index in [-0.39, 0.29) is 5.41 Å². The molecule has 0 amide bonds. The molecule has 1 N–H and O–H groups in total. The summed E-state index contributed by atoms with van der Waals surface area (Å²) in [5.41, 5.74) is 1.54. The first-order valence-corrected chi connectivity index (χ1v) is 8.43. The highest BCUT2D eigenvalue weighted by Gasteiger charge is 2.50. The van der Waals surface area contributed by atoms with Gasteiger partial charge in [0.15, 0.2) is 0 Å². The first-order chi connectivity index (χ1) is 10.0. The molecule has 1 aliphatic heterocycles. The SMILES string of the molecule is CCOC1CC(n2cncc2C2CCCC(C)N2)C1(C)C. The molecule has 3 rings (SSSR count). The van der Waals surface area contributed by atoms with Gasteiger partial charge in [-0.15, -0.1) is 0 Å². The number of aromatic nitrogens is 2. The monoisotopic (exact) mass is 291 g/mol. The Kier molecular flexibility index (Phi) is 4.10. The Bertz CT molecular complexity index is 482. The van der Waals surface area contributed by atoms with Crippen molar-refractivity contribution < 1.29 is 4.74 Å². The van der Waals surface area contributed by atoms with Crippen molar-refractivity contribution in [3.63, 3.8) is 0 Å². The molecule has 2 aliphatic rings. The molecule has 1 aromatic rings. The number of hydrogen-bond donors (Lipinski definition) is 1. The maximum absolute atomic E-state index is 5.87. The average Bonchev–Trinajstić information content (AvgIpc) is 2.91. The molecule has 4 atom stereocenters. The van der Waals surface area contributed by atoms with E-state index in [1.54, 1.807) is 0 Å². The fourth-order valence-corrected chi connectivity index (χ4v) is 4.04. The second-order valence-corrected chi connectivity index (χ2v) is 7.29. The van der Waals surface area contributed by atoms with Crippen LogP contribution in [0.15, 0.2) is 12.5 Å². The molecule has 21 heavy (non-hydrogen) atoms. The third kappa shape index (κ3) is 2.64.